The Morgan fingerprint density at radius 3 is 1.01 bits per heavy atom. The Morgan fingerprint density at radius 1 is 0.386 bits per heavy atom. The van der Waals surface area contributed by atoms with E-state index in [4.69, 9.17) is 4.74 Å². The van der Waals surface area contributed by atoms with Crippen molar-refractivity contribution >= 4 is 11.9 Å². The Labute approximate surface area is 437 Å². The molecule has 0 saturated carbocycles. The van der Waals surface area contributed by atoms with Gasteiger partial charge in [0.15, 0.2) is 0 Å². The smallest absolute Gasteiger partial charge is 0.305 e. The van der Waals surface area contributed by atoms with Crippen LogP contribution in [0.25, 0.3) is 0 Å². The zero-order valence-electron chi connectivity index (χ0n) is 47.3. The third kappa shape index (κ3) is 55.7. The number of ether oxygens (including phenoxy) is 1. The molecule has 6 nitrogen and oxygen atoms in total. The zero-order chi connectivity index (χ0) is 50.7. The summed E-state index contributed by atoms with van der Waals surface area (Å²) in [7, 11) is 0. The van der Waals surface area contributed by atoms with Gasteiger partial charge in [0.25, 0.3) is 0 Å². The van der Waals surface area contributed by atoms with Gasteiger partial charge in [0, 0.05) is 12.8 Å². The van der Waals surface area contributed by atoms with Crippen LogP contribution >= 0.6 is 0 Å². The summed E-state index contributed by atoms with van der Waals surface area (Å²) in [6.07, 6.45) is 73.8. The van der Waals surface area contributed by atoms with Crippen LogP contribution in [0.1, 0.15) is 348 Å². The van der Waals surface area contributed by atoms with Crippen LogP contribution in [0.5, 0.6) is 0 Å². The average Bonchev–Trinajstić information content (AvgIpc) is 3.36. The average molecular weight is 987 g/mol. The van der Waals surface area contributed by atoms with E-state index in [0.717, 1.165) is 38.5 Å². The largest absolute Gasteiger partial charge is 0.466 e. The highest BCUT2D eigenvalue weighted by Gasteiger charge is 2.18. The summed E-state index contributed by atoms with van der Waals surface area (Å²) >= 11 is 0. The van der Waals surface area contributed by atoms with Crippen molar-refractivity contribution in [2.45, 2.75) is 360 Å². The van der Waals surface area contributed by atoms with Crippen molar-refractivity contribution < 1.29 is 24.5 Å². The summed E-state index contributed by atoms with van der Waals surface area (Å²) in [5, 5.41) is 23.0. The molecule has 1 amide bonds. The van der Waals surface area contributed by atoms with Crippen molar-refractivity contribution in [1.29, 1.82) is 0 Å². The van der Waals surface area contributed by atoms with E-state index in [-0.39, 0.29) is 18.5 Å². The van der Waals surface area contributed by atoms with E-state index in [0.29, 0.717) is 19.4 Å². The van der Waals surface area contributed by atoms with Gasteiger partial charge in [-0.3, -0.25) is 9.59 Å². The van der Waals surface area contributed by atoms with Crippen LogP contribution < -0.4 is 5.32 Å². The van der Waals surface area contributed by atoms with Crippen LogP contribution in [0.4, 0.5) is 0 Å². The summed E-state index contributed by atoms with van der Waals surface area (Å²) in [5.41, 5.74) is 0. The first-order valence-corrected chi connectivity index (χ1v) is 31.6. The third-order valence-electron chi connectivity index (χ3n) is 14.7. The van der Waals surface area contributed by atoms with Gasteiger partial charge in [-0.25, -0.2) is 0 Å². The molecule has 6 heteroatoms. The predicted molar refractivity (Wildman–Crippen MR) is 306 cm³/mol. The number of hydrogen-bond acceptors (Lipinski definition) is 5. The molecule has 414 valence electrons. The number of aliphatic hydroxyl groups excluding tert-OH is 2. The molecule has 70 heavy (non-hydrogen) atoms. The zero-order valence-corrected chi connectivity index (χ0v) is 47.3. The van der Waals surface area contributed by atoms with Crippen LogP contribution in [0.15, 0.2) is 24.3 Å². The molecule has 0 saturated heterocycles. The normalized spacial score (nSPS) is 12.7. The molecule has 2 unspecified atom stereocenters. The van der Waals surface area contributed by atoms with Crippen molar-refractivity contribution in [2.75, 3.05) is 13.2 Å². The number of esters is 1. The number of hydrogen-bond donors (Lipinski definition) is 3. The molecule has 0 spiro atoms. The fourth-order valence-electron chi connectivity index (χ4n) is 9.87. The third-order valence-corrected chi connectivity index (χ3v) is 14.7. The van der Waals surface area contributed by atoms with E-state index in [1.165, 1.54) is 283 Å². The van der Waals surface area contributed by atoms with E-state index in [1.807, 2.05) is 6.08 Å². The minimum atomic E-state index is -0.841. The van der Waals surface area contributed by atoms with Crippen molar-refractivity contribution in [3.63, 3.8) is 0 Å². The number of carbonyl (C=O) groups excluding carboxylic acids is 2. The number of amides is 1. The van der Waals surface area contributed by atoms with Gasteiger partial charge in [-0.15, -0.1) is 0 Å². The van der Waals surface area contributed by atoms with Crippen molar-refractivity contribution in [3.05, 3.63) is 24.3 Å². The van der Waals surface area contributed by atoms with Crippen LogP contribution in [0.2, 0.25) is 0 Å². The first-order valence-electron chi connectivity index (χ1n) is 31.6. The highest BCUT2D eigenvalue weighted by Crippen LogP contribution is 2.17. The highest BCUT2D eigenvalue weighted by molar-refractivity contribution is 5.76. The summed E-state index contributed by atoms with van der Waals surface area (Å²) < 4.78 is 5.49. The maximum absolute atomic E-state index is 12.4. The monoisotopic (exact) mass is 986 g/mol. The second-order valence-electron chi connectivity index (χ2n) is 21.7. The van der Waals surface area contributed by atoms with Gasteiger partial charge < -0.3 is 20.3 Å². The molecule has 0 aliphatic rings. The number of rotatable bonds is 59. The van der Waals surface area contributed by atoms with Crippen LogP contribution in [-0.2, 0) is 14.3 Å². The first-order chi connectivity index (χ1) is 34.5. The lowest BCUT2D eigenvalue weighted by molar-refractivity contribution is -0.143. The van der Waals surface area contributed by atoms with Gasteiger partial charge in [0.1, 0.15) is 0 Å². The van der Waals surface area contributed by atoms with Gasteiger partial charge in [-0.1, -0.05) is 301 Å². The molecule has 0 aromatic carbocycles. The SMILES string of the molecule is CCCCCCCCCC/C=C/C(O)C(CO)NC(=O)CCCCCCCCCCCCCCC/C=C\CCCCCCCCCCCCCCOC(=O)CCCCCCCCCCCCCCCC. The van der Waals surface area contributed by atoms with Crippen molar-refractivity contribution in [3.8, 4) is 0 Å². The Kier molecular flexibility index (Phi) is 58.5. The molecule has 0 aromatic rings. The predicted octanol–water partition coefficient (Wildman–Crippen LogP) is 19.8. The van der Waals surface area contributed by atoms with Gasteiger partial charge in [0.05, 0.1) is 25.4 Å². The van der Waals surface area contributed by atoms with Crippen molar-refractivity contribution in [2.24, 2.45) is 0 Å². The van der Waals surface area contributed by atoms with Gasteiger partial charge in [-0.05, 0) is 57.8 Å². The molecule has 0 bridgehead atoms. The Hall–Kier alpha value is -1.66. The fourth-order valence-corrected chi connectivity index (χ4v) is 9.87. The standard InChI is InChI=1S/C64H123NO5/c1-3-5-7-9-11-13-15-16-35-38-42-46-50-54-58-64(69)70-59-55-51-47-43-39-36-33-31-29-27-25-23-21-19-17-18-20-22-24-26-28-30-32-34-37-41-45-49-53-57-63(68)65-61(60-66)62(67)56-52-48-44-40-14-12-10-8-6-4-2/h17,19,52,56,61-62,66-67H,3-16,18,20-51,53-55,57-60H2,1-2H3,(H,65,68)/b19-17-,56-52+. The molecular formula is C64H123NO5. The van der Waals surface area contributed by atoms with Crippen LogP contribution in [0, 0.1) is 0 Å². The minimum Gasteiger partial charge on any atom is -0.466 e. The van der Waals surface area contributed by atoms with Crippen molar-refractivity contribution in [1.82, 2.24) is 5.32 Å². The fraction of sp³-hybridized carbons (Fsp3) is 0.906. The maximum atomic E-state index is 12.4. The molecule has 0 aliphatic carbocycles. The lowest BCUT2D eigenvalue weighted by atomic mass is 10.0. The van der Waals surface area contributed by atoms with E-state index in [2.05, 4.69) is 31.3 Å². The Bertz CT molecular complexity index is 1090. The second kappa shape index (κ2) is 59.9. The number of aliphatic hydroxyl groups is 2. The minimum absolute atomic E-state index is 0.0186. The number of unbranched alkanes of at least 4 members (excludes halogenated alkanes) is 46. The first kappa shape index (κ1) is 68.3. The molecule has 0 fully saturated rings. The molecule has 0 aromatic heterocycles. The summed E-state index contributed by atoms with van der Waals surface area (Å²) in [4.78, 5) is 24.5. The topological polar surface area (TPSA) is 95.9 Å². The van der Waals surface area contributed by atoms with E-state index >= 15 is 0 Å². The second-order valence-corrected chi connectivity index (χ2v) is 21.7. The number of nitrogens with one attached hydrogen (secondary N) is 1. The molecule has 3 N–H and O–H groups in total. The lowest BCUT2D eigenvalue weighted by Gasteiger charge is -2.20. The molecular weight excluding hydrogens is 863 g/mol. The Balaban J connectivity index is 3.35. The number of carbonyl (C=O) groups is 2. The van der Waals surface area contributed by atoms with E-state index < -0.39 is 12.1 Å². The summed E-state index contributed by atoms with van der Waals surface area (Å²) in [6.45, 7) is 4.90. The molecule has 2 atom stereocenters. The quantitative estimate of drug-likeness (QED) is 0.0321. The Morgan fingerprint density at radius 2 is 0.671 bits per heavy atom. The molecule has 0 aliphatic heterocycles. The molecule has 0 heterocycles. The van der Waals surface area contributed by atoms with Gasteiger partial charge in [0.2, 0.25) is 5.91 Å². The maximum Gasteiger partial charge on any atom is 0.305 e. The van der Waals surface area contributed by atoms with E-state index in [1.54, 1.807) is 6.08 Å². The highest BCUT2D eigenvalue weighted by atomic mass is 16.5. The van der Waals surface area contributed by atoms with Gasteiger partial charge in [-0.2, -0.15) is 0 Å². The number of allylic oxidation sites excluding steroid dienone is 3. The van der Waals surface area contributed by atoms with E-state index in [9.17, 15) is 19.8 Å². The molecule has 0 radical (unpaired) electrons. The van der Waals surface area contributed by atoms with Crippen LogP contribution in [-0.4, -0.2) is 47.4 Å². The van der Waals surface area contributed by atoms with Gasteiger partial charge >= 0.3 is 5.97 Å². The summed E-state index contributed by atoms with van der Waals surface area (Å²) in [6, 6.07) is -0.625. The van der Waals surface area contributed by atoms with Crippen LogP contribution in [0.3, 0.4) is 0 Å². The molecule has 0 rings (SSSR count). The lowest BCUT2D eigenvalue weighted by Crippen LogP contribution is -2.45. The summed E-state index contributed by atoms with van der Waals surface area (Å²) in [5.74, 6) is -0.0495.